The molecule has 3 aromatic rings. The Balaban J connectivity index is 2.10. The molecule has 2 nitrogen and oxygen atoms in total. The molecule has 0 saturated carbocycles. The zero-order valence-corrected chi connectivity index (χ0v) is 12.6. The molecule has 0 aliphatic carbocycles. The average molecular weight is 319 g/mol. The highest BCUT2D eigenvalue weighted by atomic mass is 35.5. The predicted molar refractivity (Wildman–Crippen MR) is 88.3 cm³/mol. The van der Waals surface area contributed by atoms with Gasteiger partial charge in [-0.05, 0) is 24.3 Å². The third-order valence-electron chi connectivity index (χ3n) is 3.47. The van der Waals surface area contributed by atoms with E-state index in [9.17, 15) is 4.39 Å². The van der Waals surface area contributed by atoms with Crippen LogP contribution >= 0.6 is 23.8 Å². The second-order valence-corrected chi connectivity index (χ2v) is 5.59. The van der Waals surface area contributed by atoms with Gasteiger partial charge in [0.1, 0.15) is 10.8 Å². The molecule has 0 unspecified atom stereocenters. The van der Waals surface area contributed by atoms with E-state index in [-0.39, 0.29) is 5.82 Å². The Morgan fingerprint density at radius 1 is 1.19 bits per heavy atom. The van der Waals surface area contributed by atoms with Crippen LogP contribution in [0.2, 0.25) is 5.02 Å². The van der Waals surface area contributed by atoms with E-state index in [1.165, 1.54) is 6.07 Å². The fourth-order valence-corrected chi connectivity index (χ4v) is 2.83. The van der Waals surface area contributed by atoms with Crippen LogP contribution in [0.25, 0.3) is 10.9 Å². The molecule has 0 spiro atoms. The van der Waals surface area contributed by atoms with E-state index in [0.717, 1.165) is 16.5 Å². The molecule has 0 radical (unpaired) electrons. The Hall–Kier alpha value is -1.91. The molecule has 2 aromatic carbocycles. The van der Waals surface area contributed by atoms with Gasteiger partial charge >= 0.3 is 0 Å². The summed E-state index contributed by atoms with van der Waals surface area (Å²) in [6.45, 7) is 0.357. The smallest absolute Gasteiger partial charge is 0.129 e. The number of halogens is 2. The van der Waals surface area contributed by atoms with Crippen molar-refractivity contribution in [3.8, 4) is 0 Å². The number of benzene rings is 2. The van der Waals surface area contributed by atoms with Crippen molar-refractivity contribution in [2.75, 3.05) is 0 Å². The van der Waals surface area contributed by atoms with Crippen LogP contribution in [-0.2, 0) is 6.54 Å². The van der Waals surface area contributed by atoms with Crippen molar-refractivity contribution >= 4 is 39.7 Å². The van der Waals surface area contributed by atoms with Gasteiger partial charge in [0.2, 0.25) is 0 Å². The zero-order chi connectivity index (χ0) is 15.0. The normalized spacial score (nSPS) is 11.0. The van der Waals surface area contributed by atoms with Crippen molar-refractivity contribution in [2.24, 2.45) is 5.73 Å². The van der Waals surface area contributed by atoms with Crippen LogP contribution in [0, 0.1) is 5.82 Å². The van der Waals surface area contributed by atoms with Gasteiger partial charge in [-0.2, -0.15) is 0 Å². The van der Waals surface area contributed by atoms with Crippen molar-refractivity contribution < 1.29 is 4.39 Å². The summed E-state index contributed by atoms with van der Waals surface area (Å²) in [5.41, 5.74) is 7.97. The highest BCUT2D eigenvalue weighted by Crippen LogP contribution is 2.25. The van der Waals surface area contributed by atoms with Gasteiger partial charge in [0, 0.05) is 33.2 Å². The van der Waals surface area contributed by atoms with Gasteiger partial charge in [0.15, 0.2) is 0 Å². The first-order valence-corrected chi connectivity index (χ1v) is 7.17. The molecule has 0 aliphatic rings. The van der Waals surface area contributed by atoms with Crippen molar-refractivity contribution in [3.63, 3.8) is 0 Å². The molecule has 0 fully saturated rings. The van der Waals surface area contributed by atoms with E-state index >= 15 is 0 Å². The molecule has 0 atom stereocenters. The lowest BCUT2D eigenvalue weighted by atomic mass is 10.1. The molecule has 0 saturated heterocycles. The minimum atomic E-state index is -0.310. The fraction of sp³-hybridized carbons (Fsp3) is 0.0625. The number of hydrogen-bond donors (Lipinski definition) is 1. The molecule has 0 bridgehead atoms. The van der Waals surface area contributed by atoms with Crippen molar-refractivity contribution in [1.82, 2.24) is 4.57 Å². The lowest BCUT2D eigenvalue weighted by molar-refractivity contribution is 0.602. The van der Waals surface area contributed by atoms with Crippen LogP contribution in [0.1, 0.15) is 11.1 Å². The topological polar surface area (TPSA) is 30.9 Å². The second kappa shape index (κ2) is 5.47. The zero-order valence-electron chi connectivity index (χ0n) is 11.0. The van der Waals surface area contributed by atoms with E-state index < -0.39 is 0 Å². The highest BCUT2D eigenvalue weighted by Gasteiger charge is 2.11. The molecule has 1 heterocycles. The van der Waals surface area contributed by atoms with Crippen molar-refractivity contribution in [3.05, 3.63) is 70.6 Å². The standard InChI is InChI=1S/C16H12ClFN2S/c17-13-4-2-5-14(18)12(13)9-20-8-7-10-11(16(19)21)3-1-6-15(10)20/h1-8H,9H2,(H2,19,21). The van der Waals surface area contributed by atoms with E-state index in [4.69, 9.17) is 29.6 Å². The van der Waals surface area contributed by atoms with Crippen molar-refractivity contribution in [1.29, 1.82) is 0 Å². The van der Waals surface area contributed by atoms with E-state index in [1.807, 2.05) is 35.0 Å². The Bertz CT molecular complexity index is 821. The maximum atomic E-state index is 13.9. The fourth-order valence-electron chi connectivity index (χ4n) is 2.43. The third-order valence-corrected chi connectivity index (χ3v) is 4.04. The molecule has 106 valence electrons. The van der Waals surface area contributed by atoms with Gasteiger partial charge in [-0.1, -0.05) is 42.0 Å². The minimum Gasteiger partial charge on any atom is -0.389 e. The summed E-state index contributed by atoms with van der Waals surface area (Å²) in [6.07, 6.45) is 1.88. The van der Waals surface area contributed by atoms with Crippen LogP contribution in [-0.4, -0.2) is 9.56 Å². The molecule has 1 aromatic heterocycles. The minimum absolute atomic E-state index is 0.310. The van der Waals surface area contributed by atoms with Gasteiger partial charge in [-0.25, -0.2) is 4.39 Å². The summed E-state index contributed by atoms with van der Waals surface area (Å²) >= 11 is 11.1. The molecule has 0 aliphatic heterocycles. The second-order valence-electron chi connectivity index (χ2n) is 4.75. The summed E-state index contributed by atoms with van der Waals surface area (Å²) in [5, 5.41) is 1.37. The Morgan fingerprint density at radius 3 is 2.67 bits per heavy atom. The van der Waals surface area contributed by atoms with E-state index in [1.54, 1.807) is 12.1 Å². The highest BCUT2D eigenvalue weighted by molar-refractivity contribution is 7.80. The Morgan fingerprint density at radius 2 is 1.95 bits per heavy atom. The maximum Gasteiger partial charge on any atom is 0.129 e. The molecule has 5 heteroatoms. The molecule has 0 amide bonds. The Kier molecular flexibility index (Phi) is 3.66. The summed E-state index contributed by atoms with van der Waals surface area (Å²) in [5.74, 6) is -0.310. The number of rotatable bonds is 3. The third kappa shape index (κ3) is 2.52. The first kappa shape index (κ1) is 14.0. The summed E-state index contributed by atoms with van der Waals surface area (Å²) in [4.78, 5) is 0.349. The first-order chi connectivity index (χ1) is 10.1. The van der Waals surface area contributed by atoms with Gasteiger partial charge in [0.05, 0.1) is 6.54 Å². The quantitative estimate of drug-likeness (QED) is 0.737. The first-order valence-electron chi connectivity index (χ1n) is 6.38. The van der Waals surface area contributed by atoms with Crippen LogP contribution in [0.3, 0.4) is 0 Å². The number of nitrogens with two attached hydrogens (primary N) is 1. The Labute approximate surface area is 131 Å². The lowest BCUT2D eigenvalue weighted by Crippen LogP contribution is -2.09. The van der Waals surface area contributed by atoms with Gasteiger partial charge in [-0.15, -0.1) is 0 Å². The van der Waals surface area contributed by atoms with Crippen LogP contribution in [0.15, 0.2) is 48.7 Å². The van der Waals surface area contributed by atoms with Gasteiger partial charge < -0.3 is 10.3 Å². The molecular formula is C16H12ClFN2S. The summed E-state index contributed by atoms with van der Waals surface area (Å²) in [6, 6.07) is 12.3. The van der Waals surface area contributed by atoms with Crippen LogP contribution in [0.5, 0.6) is 0 Å². The SMILES string of the molecule is NC(=S)c1cccc2c1ccn2Cc1c(F)cccc1Cl. The summed E-state index contributed by atoms with van der Waals surface area (Å²) in [7, 11) is 0. The van der Waals surface area contributed by atoms with Crippen LogP contribution < -0.4 is 5.73 Å². The number of nitrogens with zero attached hydrogens (tertiary/aromatic N) is 1. The van der Waals surface area contributed by atoms with Crippen molar-refractivity contribution in [2.45, 2.75) is 6.54 Å². The lowest BCUT2D eigenvalue weighted by Gasteiger charge is -2.09. The van der Waals surface area contributed by atoms with Gasteiger partial charge in [0.25, 0.3) is 0 Å². The average Bonchev–Trinajstić information content (AvgIpc) is 2.86. The molecular weight excluding hydrogens is 307 g/mol. The number of thiocarbonyl (C=S) groups is 1. The predicted octanol–water partition coefficient (Wildman–Crippen LogP) is 4.12. The molecule has 3 rings (SSSR count). The van der Waals surface area contributed by atoms with Crippen LogP contribution in [0.4, 0.5) is 4.39 Å². The molecule has 21 heavy (non-hydrogen) atoms. The monoisotopic (exact) mass is 318 g/mol. The molecule has 2 N–H and O–H groups in total. The number of aromatic nitrogens is 1. The number of hydrogen-bond acceptors (Lipinski definition) is 1. The van der Waals surface area contributed by atoms with E-state index in [2.05, 4.69) is 0 Å². The van der Waals surface area contributed by atoms with E-state index in [0.29, 0.717) is 22.1 Å². The van der Waals surface area contributed by atoms with Gasteiger partial charge in [-0.3, -0.25) is 0 Å². The summed E-state index contributed by atoms with van der Waals surface area (Å²) < 4.78 is 15.8. The maximum absolute atomic E-state index is 13.9. The number of fused-ring (bicyclic) bond motifs is 1. The largest absolute Gasteiger partial charge is 0.389 e.